The van der Waals surface area contributed by atoms with Crippen LogP contribution in [-0.2, 0) is 0 Å². The molecule has 0 amide bonds. The van der Waals surface area contributed by atoms with Crippen molar-refractivity contribution in [3.8, 4) is 0 Å². The van der Waals surface area contributed by atoms with Crippen LogP contribution in [0.15, 0.2) is 16.9 Å². The second-order valence-corrected chi connectivity index (χ2v) is 2.42. The van der Waals surface area contributed by atoms with Gasteiger partial charge in [-0.2, -0.15) is 0 Å². The van der Waals surface area contributed by atoms with Gasteiger partial charge in [-0.25, -0.2) is 5.41 Å². The van der Waals surface area contributed by atoms with Crippen molar-refractivity contribution in [2.45, 2.75) is 6.92 Å². The number of allylic oxidation sites excluding steroid dienone is 2. The number of quaternary nitrogens is 1. The predicted octanol–water partition coefficient (Wildman–Crippen LogP) is 0.230. The quantitative estimate of drug-likeness (QED) is 0.281. The van der Waals surface area contributed by atoms with Crippen molar-refractivity contribution in [2.24, 2.45) is 10.8 Å². The Kier molecular flexibility index (Phi) is 1.33. The van der Waals surface area contributed by atoms with Crippen molar-refractivity contribution in [1.82, 2.24) is 0 Å². The molecule has 0 aliphatic carbocycles. The van der Waals surface area contributed by atoms with Crippen LogP contribution in [0.25, 0.3) is 0 Å². The van der Waals surface area contributed by atoms with E-state index in [1.807, 2.05) is 13.0 Å². The number of nitrogens with two attached hydrogens (primary N) is 1. The molecule has 4 heteroatoms. The molecule has 1 rings (SSSR count). The zero-order valence-corrected chi connectivity index (χ0v) is 6.13. The fourth-order valence-corrected chi connectivity index (χ4v) is 0.763. The smallest absolute Gasteiger partial charge is 0.324 e. The highest BCUT2D eigenvalue weighted by Gasteiger charge is 2.31. The summed E-state index contributed by atoms with van der Waals surface area (Å²) in [4.78, 5) is 0. The summed E-state index contributed by atoms with van der Waals surface area (Å²) in [5.74, 6) is 0.0440. The van der Waals surface area contributed by atoms with E-state index in [1.165, 1.54) is 0 Å². The van der Waals surface area contributed by atoms with Gasteiger partial charge in [-0.3, -0.25) is 0 Å². The molecule has 1 aliphatic rings. The number of rotatable bonds is 0. The van der Waals surface area contributed by atoms with Gasteiger partial charge < -0.3 is 5.73 Å². The molecule has 1 unspecified atom stereocenters. The SMILES string of the molecule is CC1=CC=N[N+]1(C)C(=N)N. The lowest BCUT2D eigenvalue weighted by atomic mass is 10.4. The average molecular weight is 139 g/mol. The van der Waals surface area contributed by atoms with Gasteiger partial charge in [0.05, 0.1) is 6.21 Å². The number of nitrogens with one attached hydrogen (secondary N) is 1. The second-order valence-electron chi connectivity index (χ2n) is 2.42. The molecular weight excluding hydrogens is 128 g/mol. The third-order valence-electron chi connectivity index (χ3n) is 1.77. The number of nitrogens with zero attached hydrogens (tertiary/aromatic N) is 2. The summed E-state index contributed by atoms with van der Waals surface area (Å²) >= 11 is 0. The van der Waals surface area contributed by atoms with E-state index in [0.717, 1.165) is 5.70 Å². The first-order valence-corrected chi connectivity index (χ1v) is 3.01. The Bertz CT molecular complexity index is 228. The van der Waals surface area contributed by atoms with Crippen molar-refractivity contribution < 1.29 is 4.59 Å². The molecule has 0 bridgehead atoms. The maximum absolute atomic E-state index is 7.21. The molecule has 0 saturated heterocycles. The topological polar surface area (TPSA) is 62.2 Å². The van der Waals surface area contributed by atoms with Crippen molar-refractivity contribution in [1.29, 1.82) is 5.41 Å². The molecule has 10 heavy (non-hydrogen) atoms. The van der Waals surface area contributed by atoms with Crippen molar-refractivity contribution in [3.63, 3.8) is 0 Å². The van der Waals surface area contributed by atoms with E-state index in [2.05, 4.69) is 5.10 Å². The minimum atomic E-state index is 0.0440. The summed E-state index contributed by atoms with van der Waals surface area (Å²) < 4.78 is 0.0833. The molecule has 1 aliphatic heterocycles. The van der Waals surface area contributed by atoms with Gasteiger partial charge in [0.25, 0.3) is 0 Å². The van der Waals surface area contributed by atoms with E-state index in [-0.39, 0.29) is 10.6 Å². The van der Waals surface area contributed by atoms with Gasteiger partial charge in [-0.1, -0.05) is 5.10 Å². The molecule has 0 fully saturated rings. The first-order valence-electron chi connectivity index (χ1n) is 3.01. The summed E-state index contributed by atoms with van der Waals surface area (Å²) in [5, 5.41) is 11.2. The molecule has 0 aromatic carbocycles. The van der Waals surface area contributed by atoms with Gasteiger partial charge in [0.15, 0.2) is 0 Å². The standard InChI is InChI=1S/C6H11N4/c1-5-3-4-9-10(5,2)6(7)8/h3-4H,1-2H3,(H3,7,8)/q+1. The van der Waals surface area contributed by atoms with E-state index in [9.17, 15) is 0 Å². The first kappa shape index (κ1) is 6.95. The highest BCUT2D eigenvalue weighted by Crippen LogP contribution is 2.17. The molecule has 0 aromatic heterocycles. The largest absolute Gasteiger partial charge is 0.336 e. The van der Waals surface area contributed by atoms with E-state index < -0.39 is 0 Å². The van der Waals surface area contributed by atoms with Crippen LogP contribution in [0.4, 0.5) is 0 Å². The lowest BCUT2D eigenvalue weighted by Gasteiger charge is -2.20. The Hall–Kier alpha value is -1.16. The monoisotopic (exact) mass is 139 g/mol. The third kappa shape index (κ3) is 0.733. The maximum atomic E-state index is 7.21. The van der Waals surface area contributed by atoms with Crippen LogP contribution < -0.4 is 5.73 Å². The molecule has 4 nitrogen and oxygen atoms in total. The highest BCUT2D eigenvalue weighted by atomic mass is 15.7. The molecule has 0 aromatic rings. The fourth-order valence-electron chi connectivity index (χ4n) is 0.763. The Morgan fingerprint density at radius 1 is 1.80 bits per heavy atom. The van der Waals surface area contributed by atoms with Crippen LogP contribution >= 0.6 is 0 Å². The third-order valence-corrected chi connectivity index (χ3v) is 1.77. The lowest BCUT2D eigenvalue weighted by Crippen LogP contribution is -2.45. The Morgan fingerprint density at radius 2 is 2.40 bits per heavy atom. The molecule has 54 valence electrons. The summed E-state index contributed by atoms with van der Waals surface area (Å²) in [6, 6.07) is 0. The first-order chi connectivity index (χ1) is 4.57. The van der Waals surface area contributed by atoms with Crippen LogP contribution in [0.1, 0.15) is 6.92 Å². The van der Waals surface area contributed by atoms with E-state index in [1.54, 1.807) is 13.3 Å². The van der Waals surface area contributed by atoms with Crippen molar-refractivity contribution in [2.75, 3.05) is 7.05 Å². The summed E-state index contributed by atoms with van der Waals surface area (Å²) in [5.41, 5.74) is 6.29. The Morgan fingerprint density at radius 3 is 2.60 bits per heavy atom. The number of guanidine groups is 1. The molecule has 1 heterocycles. The van der Waals surface area contributed by atoms with E-state index in [4.69, 9.17) is 11.1 Å². The summed E-state index contributed by atoms with van der Waals surface area (Å²) in [6.07, 6.45) is 3.51. The second kappa shape index (κ2) is 1.91. The van der Waals surface area contributed by atoms with Gasteiger partial charge in [0.2, 0.25) is 0 Å². The van der Waals surface area contributed by atoms with Crippen molar-refractivity contribution in [3.05, 3.63) is 11.8 Å². The zero-order valence-electron chi connectivity index (χ0n) is 6.13. The molecule has 0 radical (unpaired) electrons. The Labute approximate surface area is 59.7 Å². The Balaban J connectivity index is 3.00. The van der Waals surface area contributed by atoms with Crippen LogP contribution in [0, 0.1) is 5.41 Å². The lowest BCUT2D eigenvalue weighted by molar-refractivity contribution is -0.786. The predicted molar refractivity (Wildman–Crippen MR) is 40.3 cm³/mol. The van der Waals surface area contributed by atoms with Crippen LogP contribution in [-0.4, -0.2) is 23.8 Å². The number of hydrogen-bond acceptors (Lipinski definition) is 2. The zero-order chi connectivity index (χ0) is 7.78. The van der Waals surface area contributed by atoms with Crippen LogP contribution in [0.2, 0.25) is 0 Å². The molecule has 1 atom stereocenters. The van der Waals surface area contributed by atoms with Crippen LogP contribution in [0.3, 0.4) is 0 Å². The summed E-state index contributed by atoms with van der Waals surface area (Å²) in [7, 11) is 1.78. The molecule has 3 N–H and O–H groups in total. The van der Waals surface area contributed by atoms with Gasteiger partial charge in [-0.15, -0.1) is 4.59 Å². The number of hydrogen-bond donors (Lipinski definition) is 2. The van der Waals surface area contributed by atoms with Gasteiger partial charge in [0.1, 0.15) is 12.7 Å². The molecular formula is C6H11N4+. The summed E-state index contributed by atoms with van der Waals surface area (Å²) in [6.45, 7) is 1.90. The fraction of sp³-hybridized carbons (Fsp3) is 0.333. The highest BCUT2D eigenvalue weighted by molar-refractivity contribution is 5.77. The van der Waals surface area contributed by atoms with Gasteiger partial charge >= 0.3 is 5.96 Å². The molecule has 0 spiro atoms. The normalized spacial score (nSPS) is 30.4. The molecule has 0 saturated carbocycles. The van der Waals surface area contributed by atoms with Crippen LogP contribution in [0.5, 0.6) is 0 Å². The maximum Gasteiger partial charge on any atom is 0.324 e. The van der Waals surface area contributed by atoms with Gasteiger partial charge in [-0.05, 0) is 0 Å². The minimum Gasteiger partial charge on any atom is -0.336 e. The van der Waals surface area contributed by atoms with E-state index >= 15 is 0 Å². The average Bonchev–Trinajstić information content (AvgIpc) is 2.15. The van der Waals surface area contributed by atoms with Gasteiger partial charge in [0, 0.05) is 13.0 Å². The minimum absolute atomic E-state index is 0.0440. The van der Waals surface area contributed by atoms with E-state index in [0.29, 0.717) is 0 Å². The van der Waals surface area contributed by atoms with Crippen molar-refractivity contribution >= 4 is 12.2 Å².